The van der Waals surface area contributed by atoms with Crippen LogP contribution in [-0.4, -0.2) is 23.1 Å². The summed E-state index contributed by atoms with van der Waals surface area (Å²) >= 11 is 1.12. The monoisotopic (exact) mass is 402 g/mol. The van der Waals surface area contributed by atoms with E-state index in [1.165, 1.54) is 6.07 Å². The summed E-state index contributed by atoms with van der Waals surface area (Å²) in [7, 11) is 0. The minimum atomic E-state index is -1.02. The molecule has 0 spiro atoms. The Morgan fingerprint density at radius 2 is 1.96 bits per heavy atom. The number of nitrogens with zero attached hydrogens (tertiary/aromatic N) is 2. The third-order valence-corrected chi connectivity index (χ3v) is 4.92. The van der Waals surface area contributed by atoms with Crippen LogP contribution in [0.3, 0.4) is 0 Å². The third kappa shape index (κ3) is 3.77. The van der Waals surface area contributed by atoms with Gasteiger partial charge in [0.25, 0.3) is 5.91 Å². The molecular weight excluding hydrogens is 386 g/mol. The van der Waals surface area contributed by atoms with Crippen molar-refractivity contribution in [2.24, 2.45) is 4.99 Å². The molecule has 5 nitrogen and oxygen atoms in total. The number of allylic oxidation sites excluding steroid dienone is 1. The number of ether oxygens (including phenoxy) is 1. The van der Waals surface area contributed by atoms with Gasteiger partial charge in [0.05, 0.1) is 22.4 Å². The number of fused-ring (bicyclic) bond motifs is 1. The minimum Gasteiger partial charge on any atom is -0.462 e. The molecule has 1 aromatic heterocycles. The minimum absolute atomic E-state index is 0.239. The van der Waals surface area contributed by atoms with Crippen LogP contribution in [0.4, 0.5) is 8.78 Å². The Morgan fingerprint density at radius 3 is 2.61 bits per heavy atom. The van der Waals surface area contributed by atoms with Gasteiger partial charge in [-0.3, -0.25) is 4.79 Å². The lowest BCUT2D eigenvalue weighted by Gasteiger charge is -2.03. The normalized spacial score (nSPS) is 11.6. The van der Waals surface area contributed by atoms with Crippen LogP contribution in [-0.2, 0) is 11.3 Å². The SMILES string of the molecule is C=CCn1c(=NC(=O)c2c(F)cccc2F)sc2cc(C(=O)OCC)ccc21. The van der Waals surface area contributed by atoms with Crippen LogP contribution in [0.25, 0.3) is 10.2 Å². The maximum absolute atomic E-state index is 13.9. The average molecular weight is 402 g/mol. The van der Waals surface area contributed by atoms with E-state index in [9.17, 15) is 18.4 Å². The number of hydrogen-bond acceptors (Lipinski definition) is 4. The van der Waals surface area contributed by atoms with E-state index in [4.69, 9.17) is 4.74 Å². The van der Waals surface area contributed by atoms with Crippen molar-refractivity contribution in [3.8, 4) is 0 Å². The van der Waals surface area contributed by atoms with Crippen molar-refractivity contribution >= 4 is 33.4 Å². The molecule has 3 rings (SSSR count). The fourth-order valence-electron chi connectivity index (χ4n) is 2.65. The summed E-state index contributed by atoms with van der Waals surface area (Å²) in [6.07, 6.45) is 1.61. The Labute approximate surface area is 163 Å². The lowest BCUT2D eigenvalue weighted by molar-refractivity contribution is 0.0526. The summed E-state index contributed by atoms with van der Waals surface area (Å²) in [6.45, 7) is 5.97. The molecule has 0 aliphatic carbocycles. The lowest BCUT2D eigenvalue weighted by Crippen LogP contribution is -2.17. The molecule has 0 atom stereocenters. The Kier molecular flexibility index (Phi) is 5.79. The van der Waals surface area contributed by atoms with Crippen molar-refractivity contribution in [2.75, 3.05) is 6.61 Å². The Hall–Kier alpha value is -3.13. The highest BCUT2D eigenvalue weighted by Crippen LogP contribution is 2.21. The van der Waals surface area contributed by atoms with E-state index in [2.05, 4.69) is 11.6 Å². The quantitative estimate of drug-likeness (QED) is 0.477. The number of halogens is 2. The molecule has 0 bridgehead atoms. The zero-order chi connectivity index (χ0) is 20.3. The molecule has 144 valence electrons. The molecule has 0 radical (unpaired) electrons. The van der Waals surface area contributed by atoms with E-state index in [0.29, 0.717) is 22.3 Å². The fraction of sp³-hybridized carbons (Fsp3) is 0.150. The molecule has 0 saturated heterocycles. The number of amides is 1. The van der Waals surface area contributed by atoms with Crippen LogP contribution < -0.4 is 4.80 Å². The van der Waals surface area contributed by atoms with Crippen LogP contribution in [0.1, 0.15) is 27.6 Å². The van der Waals surface area contributed by atoms with Crippen LogP contribution in [0, 0.1) is 11.6 Å². The van der Waals surface area contributed by atoms with Gasteiger partial charge in [-0.15, -0.1) is 6.58 Å². The van der Waals surface area contributed by atoms with Gasteiger partial charge in [-0.2, -0.15) is 4.99 Å². The summed E-state index contributed by atoms with van der Waals surface area (Å²) in [5.41, 5.74) is 0.357. The molecule has 3 aromatic rings. The fourth-order valence-corrected chi connectivity index (χ4v) is 3.73. The van der Waals surface area contributed by atoms with Crippen molar-refractivity contribution in [1.29, 1.82) is 0 Å². The van der Waals surface area contributed by atoms with Crippen molar-refractivity contribution in [1.82, 2.24) is 4.57 Å². The van der Waals surface area contributed by atoms with Gasteiger partial charge >= 0.3 is 5.97 Å². The van der Waals surface area contributed by atoms with Gasteiger partial charge in [-0.1, -0.05) is 23.5 Å². The predicted molar refractivity (Wildman–Crippen MR) is 102 cm³/mol. The molecule has 8 heteroatoms. The van der Waals surface area contributed by atoms with Gasteiger partial charge in [-0.05, 0) is 37.3 Å². The van der Waals surface area contributed by atoms with Crippen LogP contribution >= 0.6 is 11.3 Å². The van der Waals surface area contributed by atoms with E-state index >= 15 is 0 Å². The van der Waals surface area contributed by atoms with Gasteiger partial charge in [0.2, 0.25) is 0 Å². The Balaban J connectivity index is 2.15. The van der Waals surface area contributed by atoms with Gasteiger partial charge in [0.1, 0.15) is 17.2 Å². The summed E-state index contributed by atoms with van der Waals surface area (Å²) in [4.78, 5) is 28.5. The predicted octanol–water partition coefficient (Wildman–Crippen LogP) is 4.08. The lowest BCUT2D eigenvalue weighted by atomic mass is 10.2. The number of thiazole rings is 1. The number of esters is 1. The van der Waals surface area contributed by atoms with Gasteiger partial charge in [0, 0.05) is 6.54 Å². The number of hydrogen-bond donors (Lipinski definition) is 0. The molecule has 0 unspecified atom stereocenters. The molecule has 0 aliphatic rings. The van der Waals surface area contributed by atoms with Gasteiger partial charge in [0.15, 0.2) is 4.80 Å². The number of rotatable bonds is 5. The molecule has 28 heavy (non-hydrogen) atoms. The maximum atomic E-state index is 13.9. The first kappa shape index (κ1) is 19.6. The third-order valence-electron chi connectivity index (χ3n) is 3.88. The van der Waals surface area contributed by atoms with Gasteiger partial charge in [-0.25, -0.2) is 13.6 Å². The smallest absolute Gasteiger partial charge is 0.338 e. The highest BCUT2D eigenvalue weighted by Gasteiger charge is 2.17. The van der Waals surface area contributed by atoms with E-state index < -0.39 is 29.1 Å². The second-order valence-electron chi connectivity index (χ2n) is 5.70. The first-order chi connectivity index (χ1) is 13.5. The largest absolute Gasteiger partial charge is 0.462 e. The van der Waals surface area contributed by atoms with Crippen LogP contribution in [0.2, 0.25) is 0 Å². The highest BCUT2D eigenvalue weighted by atomic mass is 32.1. The van der Waals surface area contributed by atoms with Crippen molar-refractivity contribution in [2.45, 2.75) is 13.5 Å². The molecular formula is C20H16F2N2O3S. The zero-order valence-electron chi connectivity index (χ0n) is 14.9. The highest BCUT2D eigenvalue weighted by molar-refractivity contribution is 7.16. The molecule has 1 heterocycles. The summed E-state index contributed by atoms with van der Waals surface area (Å²) < 4.78 is 35.1. The number of benzene rings is 2. The average Bonchev–Trinajstić information content (AvgIpc) is 2.98. The molecule has 0 fully saturated rings. The second-order valence-corrected chi connectivity index (χ2v) is 6.71. The van der Waals surface area contributed by atoms with E-state index in [1.54, 1.807) is 35.8 Å². The number of carbonyl (C=O) groups is 2. The van der Waals surface area contributed by atoms with Crippen molar-refractivity contribution in [3.63, 3.8) is 0 Å². The standard InChI is InChI=1S/C20H16F2N2O3S/c1-3-10-24-15-9-8-12(19(26)27-4-2)11-16(15)28-20(24)23-18(25)17-13(21)6-5-7-14(17)22/h3,5-9,11H,1,4,10H2,2H3. The van der Waals surface area contributed by atoms with E-state index in [1.807, 2.05) is 0 Å². The molecule has 0 aliphatic heterocycles. The molecule has 0 saturated carbocycles. The molecule has 1 amide bonds. The molecule has 0 N–H and O–H groups in total. The van der Waals surface area contributed by atoms with Crippen molar-refractivity contribution < 1.29 is 23.1 Å². The summed E-state index contributed by atoms with van der Waals surface area (Å²) in [5, 5.41) is 0. The molecule has 2 aromatic carbocycles. The Morgan fingerprint density at radius 1 is 1.25 bits per heavy atom. The topological polar surface area (TPSA) is 60.7 Å². The first-order valence-corrected chi connectivity index (χ1v) is 9.22. The summed E-state index contributed by atoms with van der Waals surface area (Å²) in [5.74, 6) is -3.44. The first-order valence-electron chi connectivity index (χ1n) is 8.40. The van der Waals surface area contributed by atoms with Gasteiger partial charge < -0.3 is 9.30 Å². The zero-order valence-corrected chi connectivity index (χ0v) is 15.8. The maximum Gasteiger partial charge on any atom is 0.338 e. The van der Waals surface area contributed by atoms with E-state index in [-0.39, 0.29) is 11.4 Å². The van der Waals surface area contributed by atoms with E-state index in [0.717, 1.165) is 23.5 Å². The van der Waals surface area contributed by atoms with Crippen LogP contribution in [0.5, 0.6) is 0 Å². The Bertz CT molecular complexity index is 1130. The number of aromatic nitrogens is 1. The number of carbonyl (C=O) groups excluding carboxylic acids is 2. The second kappa shape index (κ2) is 8.26. The van der Waals surface area contributed by atoms with Crippen LogP contribution in [0.15, 0.2) is 54.0 Å². The van der Waals surface area contributed by atoms with Crippen molar-refractivity contribution in [3.05, 3.63) is 76.6 Å². The summed E-state index contributed by atoms with van der Waals surface area (Å²) in [6, 6.07) is 8.12.